The number of rotatable bonds is 6. The fourth-order valence-corrected chi connectivity index (χ4v) is 3.83. The number of benzene rings is 2. The Kier molecular flexibility index (Phi) is 5.26. The summed E-state index contributed by atoms with van der Waals surface area (Å²) in [7, 11) is 0. The molecule has 2 aromatic heterocycles. The number of hydrogen-bond donors (Lipinski definition) is 2. The van der Waals surface area contributed by atoms with Crippen LogP contribution >= 0.6 is 11.3 Å². The van der Waals surface area contributed by atoms with Gasteiger partial charge in [-0.1, -0.05) is 47.6 Å². The van der Waals surface area contributed by atoms with Gasteiger partial charge in [-0.05, 0) is 30.7 Å². The van der Waals surface area contributed by atoms with Crippen molar-refractivity contribution in [2.45, 2.75) is 6.92 Å². The molecule has 4 rings (SSSR count). The van der Waals surface area contributed by atoms with Crippen LogP contribution in [0.2, 0.25) is 0 Å². The number of ether oxygens (including phenoxy) is 1. The first-order valence-electron chi connectivity index (χ1n) is 8.94. The standard InChI is InChI=1S/C21H17N3O4S/c1-2-27-16-12-17(13-7-4-3-5-8-13)29-18(16)20(25)22-15-10-6-9-14(11-15)19-23-21(26)28-24-19/h3-12H,2H2,1H3,(H,22,25)(H,23,24,26). The van der Waals surface area contributed by atoms with Gasteiger partial charge in [0.15, 0.2) is 5.82 Å². The number of nitrogens with one attached hydrogen (secondary N) is 2. The van der Waals surface area contributed by atoms with Crippen LogP contribution in [-0.2, 0) is 0 Å². The van der Waals surface area contributed by atoms with Crippen LogP contribution < -0.4 is 15.8 Å². The van der Waals surface area contributed by atoms with E-state index in [-0.39, 0.29) is 5.91 Å². The molecule has 0 atom stereocenters. The highest BCUT2D eigenvalue weighted by molar-refractivity contribution is 7.17. The molecular formula is C21H17N3O4S. The number of hydrogen-bond acceptors (Lipinski definition) is 6. The van der Waals surface area contributed by atoms with Gasteiger partial charge in [0.2, 0.25) is 0 Å². The molecule has 0 spiro atoms. The van der Waals surface area contributed by atoms with E-state index in [9.17, 15) is 9.59 Å². The molecule has 0 bridgehead atoms. The summed E-state index contributed by atoms with van der Waals surface area (Å²) in [6.07, 6.45) is 0. The van der Waals surface area contributed by atoms with Gasteiger partial charge in [0.1, 0.15) is 10.6 Å². The number of aromatic amines is 1. The van der Waals surface area contributed by atoms with Crippen LogP contribution in [0.4, 0.5) is 5.69 Å². The molecule has 0 aliphatic rings. The fourth-order valence-electron chi connectivity index (χ4n) is 2.83. The second-order valence-electron chi connectivity index (χ2n) is 6.08. The molecule has 2 heterocycles. The predicted molar refractivity (Wildman–Crippen MR) is 111 cm³/mol. The topological polar surface area (TPSA) is 97.2 Å². The Balaban J connectivity index is 1.61. The summed E-state index contributed by atoms with van der Waals surface area (Å²) in [6, 6.07) is 18.7. The van der Waals surface area contributed by atoms with Gasteiger partial charge in [-0.3, -0.25) is 14.3 Å². The molecule has 8 heteroatoms. The molecule has 4 aromatic rings. The molecule has 7 nitrogen and oxygen atoms in total. The smallest absolute Gasteiger partial charge is 0.439 e. The molecule has 0 unspecified atom stereocenters. The Morgan fingerprint density at radius 2 is 1.93 bits per heavy atom. The zero-order valence-corrected chi connectivity index (χ0v) is 16.3. The Labute approximate surface area is 170 Å². The summed E-state index contributed by atoms with van der Waals surface area (Å²) < 4.78 is 10.2. The van der Waals surface area contributed by atoms with Gasteiger partial charge in [0, 0.05) is 16.1 Å². The number of anilines is 1. The molecule has 2 aromatic carbocycles. The van der Waals surface area contributed by atoms with Gasteiger partial charge >= 0.3 is 5.76 Å². The van der Waals surface area contributed by atoms with E-state index in [1.54, 1.807) is 24.3 Å². The molecule has 146 valence electrons. The minimum Gasteiger partial charge on any atom is -0.492 e. The van der Waals surface area contributed by atoms with E-state index in [1.807, 2.05) is 43.3 Å². The first kappa shape index (κ1) is 18.7. The van der Waals surface area contributed by atoms with E-state index < -0.39 is 5.76 Å². The predicted octanol–water partition coefficient (Wildman–Crippen LogP) is 4.41. The number of aromatic nitrogens is 2. The molecule has 1 amide bonds. The molecule has 0 saturated heterocycles. The number of amides is 1. The van der Waals surface area contributed by atoms with Gasteiger partial charge < -0.3 is 10.1 Å². The second-order valence-corrected chi connectivity index (χ2v) is 7.13. The minimum absolute atomic E-state index is 0.272. The summed E-state index contributed by atoms with van der Waals surface area (Å²) in [5, 5.41) is 6.55. The number of thiophene rings is 1. The SMILES string of the molecule is CCOc1cc(-c2ccccc2)sc1C(=O)Nc1cccc(-c2noc(=O)[nH]2)c1. The van der Waals surface area contributed by atoms with Crippen LogP contribution in [-0.4, -0.2) is 22.7 Å². The first-order chi connectivity index (χ1) is 14.1. The van der Waals surface area contributed by atoms with E-state index in [2.05, 4.69) is 20.0 Å². The van der Waals surface area contributed by atoms with Crippen molar-refractivity contribution in [2.75, 3.05) is 11.9 Å². The number of carbonyl (C=O) groups is 1. The van der Waals surface area contributed by atoms with Crippen LogP contribution in [0, 0.1) is 0 Å². The molecular weight excluding hydrogens is 390 g/mol. The van der Waals surface area contributed by atoms with Crippen LogP contribution in [0.5, 0.6) is 5.75 Å². The van der Waals surface area contributed by atoms with E-state index in [0.29, 0.717) is 34.3 Å². The van der Waals surface area contributed by atoms with Crippen molar-refractivity contribution in [3.05, 3.63) is 76.1 Å². The van der Waals surface area contributed by atoms with Crippen molar-refractivity contribution in [2.24, 2.45) is 0 Å². The maximum absolute atomic E-state index is 12.9. The third-order valence-electron chi connectivity index (χ3n) is 4.10. The van der Waals surface area contributed by atoms with Crippen LogP contribution in [0.25, 0.3) is 21.8 Å². The molecule has 0 saturated carbocycles. The normalized spacial score (nSPS) is 10.7. The van der Waals surface area contributed by atoms with Crippen molar-refractivity contribution >= 4 is 22.9 Å². The maximum atomic E-state index is 12.9. The van der Waals surface area contributed by atoms with Crippen LogP contribution in [0.3, 0.4) is 0 Å². The van der Waals surface area contributed by atoms with Gasteiger partial charge in [0.25, 0.3) is 5.91 Å². The van der Waals surface area contributed by atoms with E-state index >= 15 is 0 Å². The average molecular weight is 407 g/mol. The van der Waals surface area contributed by atoms with Crippen molar-refractivity contribution in [1.29, 1.82) is 0 Å². The highest BCUT2D eigenvalue weighted by Crippen LogP contribution is 2.37. The number of H-pyrrole nitrogens is 1. The van der Waals surface area contributed by atoms with Crippen LogP contribution in [0.1, 0.15) is 16.6 Å². The van der Waals surface area contributed by atoms with Crippen molar-refractivity contribution in [1.82, 2.24) is 10.1 Å². The molecule has 0 aliphatic carbocycles. The highest BCUT2D eigenvalue weighted by Gasteiger charge is 2.19. The van der Waals surface area contributed by atoms with E-state index in [0.717, 1.165) is 10.4 Å². The number of carbonyl (C=O) groups excluding carboxylic acids is 1. The summed E-state index contributed by atoms with van der Waals surface area (Å²) in [5.41, 5.74) is 2.21. The largest absolute Gasteiger partial charge is 0.492 e. The number of nitrogens with zero attached hydrogens (tertiary/aromatic N) is 1. The lowest BCUT2D eigenvalue weighted by Crippen LogP contribution is -2.11. The molecule has 0 aliphatic heterocycles. The third-order valence-corrected chi connectivity index (χ3v) is 5.26. The quantitative estimate of drug-likeness (QED) is 0.493. The van der Waals surface area contributed by atoms with Crippen molar-refractivity contribution in [3.8, 4) is 27.6 Å². The third kappa shape index (κ3) is 4.12. The van der Waals surface area contributed by atoms with E-state index in [1.165, 1.54) is 11.3 Å². The molecule has 2 N–H and O–H groups in total. The second kappa shape index (κ2) is 8.15. The summed E-state index contributed by atoms with van der Waals surface area (Å²) in [5.74, 6) is -0.0660. The molecule has 0 radical (unpaired) electrons. The van der Waals surface area contributed by atoms with Gasteiger partial charge in [-0.25, -0.2) is 4.79 Å². The van der Waals surface area contributed by atoms with Gasteiger partial charge in [-0.2, -0.15) is 0 Å². The Hall–Kier alpha value is -3.65. The monoisotopic (exact) mass is 407 g/mol. The molecule has 29 heavy (non-hydrogen) atoms. The van der Waals surface area contributed by atoms with Crippen molar-refractivity contribution < 1.29 is 14.1 Å². The Morgan fingerprint density at radius 1 is 1.14 bits per heavy atom. The molecule has 0 fully saturated rings. The highest BCUT2D eigenvalue weighted by atomic mass is 32.1. The van der Waals surface area contributed by atoms with Crippen molar-refractivity contribution in [3.63, 3.8) is 0 Å². The lowest BCUT2D eigenvalue weighted by molar-refractivity contribution is 0.102. The van der Waals surface area contributed by atoms with Crippen LogP contribution in [0.15, 0.2) is 70.0 Å². The average Bonchev–Trinajstić information content (AvgIpc) is 3.36. The zero-order valence-electron chi connectivity index (χ0n) is 15.5. The first-order valence-corrected chi connectivity index (χ1v) is 9.75. The lowest BCUT2D eigenvalue weighted by atomic mass is 10.2. The Bertz CT molecular complexity index is 1190. The summed E-state index contributed by atoms with van der Waals surface area (Å²) in [6.45, 7) is 2.34. The van der Waals surface area contributed by atoms with Gasteiger partial charge in [0.05, 0.1) is 6.61 Å². The lowest BCUT2D eigenvalue weighted by Gasteiger charge is -2.07. The Morgan fingerprint density at radius 3 is 2.66 bits per heavy atom. The summed E-state index contributed by atoms with van der Waals surface area (Å²) >= 11 is 1.37. The minimum atomic E-state index is -0.636. The zero-order chi connectivity index (χ0) is 20.2. The maximum Gasteiger partial charge on any atom is 0.439 e. The fraction of sp³-hybridized carbons (Fsp3) is 0.0952. The van der Waals surface area contributed by atoms with Gasteiger partial charge in [-0.15, -0.1) is 11.3 Å². The van der Waals surface area contributed by atoms with E-state index in [4.69, 9.17) is 4.74 Å². The summed E-state index contributed by atoms with van der Waals surface area (Å²) in [4.78, 5) is 28.0.